The molecular weight excluding hydrogens is 246 g/mol. The number of benzene rings is 1. The highest BCUT2D eigenvalue weighted by atomic mass is 32.2. The third kappa shape index (κ3) is 2.31. The van der Waals surface area contributed by atoms with Crippen molar-refractivity contribution in [3.63, 3.8) is 0 Å². The number of nitrogens with zero attached hydrogens (tertiary/aromatic N) is 1. The molecule has 100 valence electrons. The Balaban J connectivity index is 2.24. The van der Waals surface area contributed by atoms with Crippen molar-refractivity contribution in [1.82, 2.24) is 4.31 Å². The second kappa shape index (κ2) is 5.02. The van der Waals surface area contributed by atoms with Gasteiger partial charge in [0.2, 0.25) is 10.0 Å². The van der Waals surface area contributed by atoms with E-state index in [4.69, 9.17) is 0 Å². The first-order valence-corrected chi connectivity index (χ1v) is 8.03. The fourth-order valence-electron chi connectivity index (χ4n) is 2.67. The molecule has 0 saturated carbocycles. The van der Waals surface area contributed by atoms with Gasteiger partial charge in [0.25, 0.3) is 0 Å². The van der Waals surface area contributed by atoms with Crippen LogP contribution >= 0.6 is 0 Å². The van der Waals surface area contributed by atoms with Gasteiger partial charge in [-0.15, -0.1) is 0 Å². The molecule has 0 radical (unpaired) electrons. The van der Waals surface area contributed by atoms with Crippen molar-refractivity contribution >= 4 is 10.0 Å². The summed E-state index contributed by atoms with van der Waals surface area (Å²) in [5.41, 5.74) is 0.182. The Morgan fingerprint density at radius 1 is 1.17 bits per heavy atom. The van der Waals surface area contributed by atoms with Crippen molar-refractivity contribution < 1.29 is 8.42 Å². The molecule has 1 aromatic carbocycles. The first kappa shape index (κ1) is 13.6. The van der Waals surface area contributed by atoms with Gasteiger partial charge in [-0.3, -0.25) is 0 Å². The lowest BCUT2D eigenvalue weighted by molar-refractivity contribution is 0.279. The smallest absolute Gasteiger partial charge is 0.207 e. The quantitative estimate of drug-likeness (QED) is 0.841. The molecule has 1 aromatic rings. The lowest BCUT2D eigenvalue weighted by Crippen LogP contribution is -2.31. The van der Waals surface area contributed by atoms with Gasteiger partial charge in [0, 0.05) is 13.1 Å². The van der Waals surface area contributed by atoms with Crippen LogP contribution in [0.3, 0.4) is 0 Å². The highest BCUT2D eigenvalue weighted by Gasteiger charge is 2.40. The van der Waals surface area contributed by atoms with Crippen molar-refractivity contribution in [2.24, 2.45) is 5.41 Å². The van der Waals surface area contributed by atoms with Crippen molar-refractivity contribution in [1.29, 1.82) is 0 Å². The summed E-state index contributed by atoms with van der Waals surface area (Å²) < 4.78 is 26.6. The van der Waals surface area contributed by atoms with Crippen LogP contribution in [0.4, 0.5) is 0 Å². The van der Waals surface area contributed by atoms with Crippen LogP contribution in [0.15, 0.2) is 35.2 Å². The van der Waals surface area contributed by atoms with Crippen molar-refractivity contribution in [2.45, 2.75) is 38.0 Å². The van der Waals surface area contributed by atoms with E-state index >= 15 is 0 Å². The molecule has 0 atom stereocenters. The SMILES string of the molecule is CCC1(CC)CCN(S(=O)(=O)c2ccccc2)C1. The zero-order valence-corrected chi connectivity index (χ0v) is 11.9. The molecule has 1 aliphatic rings. The molecule has 1 heterocycles. The van der Waals surface area contributed by atoms with Gasteiger partial charge in [-0.05, 0) is 36.8 Å². The highest BCUT2D eigenvalue weighted by molar-refractivity contribution is 7.89. The van der Waals surface area contributed by atoms with E-state index in [0.29, 0.717) is 18.0 Å². The maximum Gasteiger partial charge on any atom is 0.243 e. The normalized spacial score (nSPS) is 20.1. The zero-order valence-electron chi connectivity index (χ0n) is 11.1. The summed E-state index contributed by atoms with van der Waals surface area (Å²) >= 11 is 0. The van der Waals surface area contributed by atoms with Crippen molar-refractivity contribution in [3.8, 4) is 0 Å². The first-order valence-electron chi connectivity index (χ1n) is 6.59. The Kier molecular flexibility index (Phi) is 3.78. The predicted octanol–water partition coefficient (Wildman–Crippen LogP) is 2.89. The molecule has 0 spiro atoms. The summed E-state index contributed by atoms with van der Waals surface area (Å²) in [6.07, 6.45) is 3.07. The van der Waals surface area contributed by atoms with E-state index < -0.39 is 10.0 Å². The molecule has 4 heteroatoms. The van der Waals surface area contributed by atoms with E-state index in [1.165, 1.54) is 0 Å². The molecule has 2 rings (SSSR count). The third-order valence-electron chi connectivity index (χ3n) is 4.28. The molecule has 1 aliphatic heterocycles. The predicted molar refractivity (Wildman–Crippen MR) is 72.8 cm³/mol. The average Bonchev–Trinajstić information content (AvgIpc) is 2.85. The van der Waals surface area contributed by atoms with Crippen LogP contribution in [0.5, 0.6) is 0 Å². The van der Waals surface area contributed by atoms with E-state index in [-0.39, 0.29) is 5.41 Å². The molecule has 0 unspecified atom stereocenters. The maximum absolute atomic E-state index is 12.5. The van der Waals surface area contributed by atoms with E-state index in [1.807, 2.05) is 6.07 Å². The minimum Gasteiger partial charge on any atom is -0.207 e. The summed E-state index contributed by atoms with van der Waals surface area (Å²) in [7, 11) is -3.30. The standard InChI is InChI=1S/C14H21NO2S/c1-3-14(4-2)10-11-15(12-14)18(16,17)13-8-6-5-7-9-13/h5-9H,3-4,10-12H2,1-2H3. The van der Waals surface area contributed by atoms with E-state index in [2.05, 4.69) is 13.8 Å². The molecule has 0 aliphatic carbocycles. The minimum absolute atomic E-state index is 0.182. The van der Waals surface area contributed by atoms with Crippen LogP contribution in [0, 0.1) is 5.41 Å². The molecule has 0 amide bonds. The Bertz CT molecular complexity index is 492. The number of sulfonamides is 1. The van der Waals surface area contributed by atoms with Gasteiger partial charge in [-0.1, -0.05) is 32.0 Å². The topological polar surface area (TPSA) is 37.4 Å². The number of hydrogen-bond donors (Lipinski definition) is 0. The monoisotopic (exact) mass is 267 g/mol. The molecule has 3 nitrogen and oxygen atoms in total. The Hall–Kier alpha value is -0.870. The van der Waals surface area contributed by atoms with Crippen molar-refractivity contribution in [2.75, 3.05) is 13.1 Å². The molecule has 0 aromatic heterocycles. The van der Waals surface area contributed by atoms with Crippen molar-refractivity contribution in [3.05, 3.63) is 30.3 Å². The van der Waals surface area contributed by atoms with Gasteiger partial charge < -0.3 is 0 Å². The Morgan fingerprint density at radius 3 is 2.28 bits per heavy atom. The van der Waals surface area contributed by atoms with Gasteiger partial charge in [-0.2, -0.15) is 4.31 Å². The summed E-state index contributed by atoms with van der Waals surface area (Å²) in [6, 6.07) is 8.73. The second-order valence-corrected chi connectivity index (χ2v) is 7.05. The van der Waals surface area contributed by atoms with E-state index in [1.54, 1.807) is 28.6 Å². The lowest BCUT2D eigenvalue weighted by Gasteiger charge is -2.26. The molecule has 1 saturated heterocycles. The van der Waals surface area contributed by atoms with E-state index in [9.17, 15) is 8.42 Å². The fraction of sp³-hybridized carbons (Fsp3) is 0.571. The largest absolute Gasteiger partial charge is 0.243 e. The van der Waals surface area contributed by atoms with Gasteiger partial charge >= 0.3 is 0 Å². The van der Waals surface area contributed by atoms with Crippen LogP contribution in [0.1, 0.15) is 33.1 Å². The highest BCUT2D eigenvalue weighted by Crippen LogP contribution is 2.39. The van der Waals surface area contributed by atoms with Crippen LogP contribution in [0.2, 0.25) is 0 Å². The van der Waals surface area contributed by atoms with Crippen LogP contribution in [-0.2, 0) is 10.0 Å². The van der Waals surface area contributed by atoms with E-state index in [0.717, 1.165) is 19.3 Å². The summed E-state index contributed by atoms with van der Waals surface area (Å²) in [5, 5.41) is 0. The fourth-order valence-corrected chi connectivity index (χ4v) is 4.24. The molecule has 18 heavy (non-hydrogen) atoms. The Labute approximate surface area is 110 Å². The van der Waals surface area contributed by atoms with Gasteiger partial charge in [0.1, 0.15) is 0 Å². The zero-order chi connectivity index (χ0) is 13.2. The average molecular weight is 267 g/mol. The molecule has 1 fully saturated rings. The molecule has 0 bridgehead atoms. The van der Waals surface area contributed by atoms with Gasteiger partial charge in [0.15, 0.2) is 0 Å². The molecule has 0 N–H and O–H groups in total. The summed E-state index contributed by atoms with van der Waals surface area (Å²) in [6.45, 7) is 5.63. The minimum atomic E-state index is -3.30. The first-order chi connectivity index (χ1) is 8.54. The second-order valence-electron chi connectivity index (χ2n) is 5.11. The van der Waals surface area contributed by atoms with Crippen LogP contribution in [0.25, 0.3) is 0 Å². The number of hydrogen-bond acceptors (Lipinski definition) is 2. The molecular formula is C14H21NO2S. The number of rotatable bonds is 4. The van der Waals surface area contributed by atoms with Gasteiger partial charge in [0.05, 0.1) is 4.90 Å². The lowest BCUT2D eigenvalue weighted by atomic mass is 9.82. The summed E-state index contributed by atoms with van der Waals surface area (Å²) in [4.78, 5) is 0.410. The third-order valence-corrected chi connectivity index (χ3v) is 6.14. The summed E-state index contributed by atoms with van der Waals surface area (Å²) in [5.74, 6) is 0. The maximum atomic E-state index is 12.5. The van der Waals surface area contributed by atoms with Gasteiger partial charge in [-0.25, -0.2) is 8.42 Å². The van der Waals surface area contributed by atoms with Crippen LogP contribution in [-0.4, -0.2) is 25.8 Å². The Morgan fingerprint density at radius 2 is 1.78 bits per heavy atom. The van der Waals surface area contributed by atoms with Crippen LogP contribution < -0.4 is 0 Å².